The molecule has 0 amide bonds. The van der Waals surface area contributed by atoms with E-state index in [2.05, 4.69) is 20.6 Å². The van der Waals surface area contributed by atoms with E-state index < -0.39 is 12.8 Å². The van der Waals surface area contributed by atoms with E-state index in [4.69, 9.17) is 14.2 Å². The second-order valence-corrected chi connectivity index (χ2v) is 5.84. The fourth-order valence-corrected chi connectivity index (χ4v) is 2.48. The summed E-state index contributed by atoms with van der Waals surface area (Å²) in [5.74, 6) is 1.79. The van der Waals surface area contributed by atoms with E-state index in [0.29, 0.717) is 29.6 Å². The third-order valence-corrected chi connectivity index (χ3v) is 3.79. The number of hydrogen-bond donors (Lipinski definition) is 2. The largest absolute Gasteiger partial charge is 0.468 e. The Labute approximate surface area is 159 Å². The first-order valence-electron chi connectivity index (χ1n) is 8.41. The number of aliphatic imine (C=N–C) groups is 1. The number of nitrogens with one attached hydrogen (secondary N) is 2. The molecule has 0 atom stereocenters. The Morgan fingerprint density at radius 2 is 1.96 bits per heavy atom. The van der Waals surface area contributed by atoms with Gasteiger partial charge in [0.05, 0.1) is 0 Å². The van der Waals surface area contributed by atoms with E-state index >= 15 is 0 Å². The number of ether oxygens (including phenoxy) is 3. The molecule has 2 aromatic rings. The third kappa shape index (κ3) is 5.41. The normalized spacial score (nSPS) is 13.4. The van der Waals surface area contributed by atoms with Gasteiger partial charge in [-0.25, -0.2) is 4.98 Å². The Morgan fingerprint density at radius 1 is 1.18 bits per heavy atom. The first kappa shape index (κ1) is 19.6. The maximum Gasteiger partial charge on any atom is 0.422 e. The Balaban J connectivity index is 1.54. The highest BCUT2D eigenvalue weighted by atomic mass is 19.4. The Hall–Kier alpha value is -3.17. The summed E-state index contributed by atoms with van der Waals surface area (Å²) in [6, 6.07) is 8.86. The van der Waals surface area contributed by atoms with Crippen molar-refractivity contribution >= 4 is 5.96 Å². The molecule has 0 saturated carbocycles. The van der Waals surface area contributed by atoms with Crippen LogP contribution >= 0.6 is 0 Å². The van der Waals surface area contributed by atoms with Crippen molar-refractivity contribution in [2.24, 2.45) is 4.99 Å². The molecule has 10 heteroatoms. The standard InChI is InChI=1S/C18H19F3N4O3/c1-22-17(24-8-12-4-5-14-15(7-12)28-11-27-14)25-9-13-3-2-6-23-16(13)26-10-18(19,20)21/h2-7H,8-11H2,1H3,(H2,22,24,25). The second-order valence-electron chi connectivity index (χ2n) is 5.84. The van der Waals surface area contributed by atoms with Gasteiger partial charge >= 0.3 is 6.18 Å². The molecule has 0 fully saturated rings. The van der Waals surface area contributed by atoms with Crippen LogP contribution in [-0.2, 0) is 13.1 Å². The monoisotopic (exact) mass is 396 g/mol. The lowest BCUT2D eigenvalue weighted by Gasteiger charge is -2.15. The van der Waals surface area contributed by atoms with Crippen LogP contribution in [0.4, 0.5) is 13.2 Å². The number of rotatable bonds is 6. The van der Waals surface area contributed by atoms with E-state index in [1.54, 1.807) is 19.2 Å². The molecule has 1 aromatic heterocycles. The number of fused-ring (bicyclic) bond motifs is 1. The Kier molecular flexibility index (Phi) is 6.07. The van der Waals surface area contributed by atoms with Crippen molar-refractivity contribution in [3.05, 3.63) is 47.7 Å². The minimum Gasteiger partial charge on any atom is -0.468 e. The second kappa shape index (κ2) is 8.68. The van der Waals surface area contributed by atoms with Crippen LogP contribution in [0.5, 0.6) is 17.4 Å². The molecule has 28 heavy (non-hydrogen) atoms. The lowest BCUT2D eigenvalue weighted by molar-refractivity contribution is -0.154. The fraction of sp³-hybridized carbons (Fsp3) is 0.333. The molecule has 0 bridgehead atoms. The molecule has 0 saturated heterocycles. The van der Waals surface area contributed by atoms with Gasteiger partial charge in [0, 0.05) is 31.9 Å². The number of halogens is 3. The van der Waals surface area contributed by atoms with Crippen molar-refractivity contribution in [2.75, 3.05) is 20.4 Å². The summed E-state index contributed by atoms with van der Waals surface area (Å²) < 4.78 is 52.5. The van der Waals surface area contributed by atoms with Gasteiger partial charge in [0.1, 0.15) is 0 Å². The van der Waals surface area contributed by atoms with Crippen molar-refractivity contribution in [3.63, 3.8) is 0 Å². The molecule has 0 radical (unpaired) electrons. The van der Waals surface area contributed by atoms with Gasteiger partial charge in [-0.05, 0) is 23.8 Å². The molecule has 1 aromatic carbocycles. The van der Waals surface area contributed by atoms with E-state index in [1.165, 1.54) is 6.20 Å². The van der Waals surface area contributed by atoms with Crippen LogP contribution in [0.1, 0.15) is 11.1 Å². The van der Waals surface area contributed by atoms with Gasteiger partial charge < -0.3 is 24.8 Å². The molecule has 0 unspecified atom stereocenters. The maximum atomic E-state index is 12.4. The van der Waals surface area contributed by atoms with Crippen LogP contribution in [0.2, 0.25) is 0 Å². The van der Waals surface area contributed by atoms with Gasteiger partial charge in [-0.1, -0.05) is 12.1 Å². The zero-order chi connectivity index (χ0) is 20.0. The number of nitrogens with zero attached hydrogens (tertiary/aromatic N) is 2. The van der Waals surface area contributed by atoms with Gasteiger partial charge in [0.15, 0.2) is 24.1 Å². The third-order valence-electron chi connectivity index (χ3n) is 3.79. The predicted molar refractivity (Wildman–Crippen MR) is 95.4 cm³/mol. The number of guanidine groups is 1. The lowest BCUT2D eigenvalue weighted by Crippen LogP contribution is -2.36. The molecule has 7 nitrogen and oxygen atoms in total. The summed E-state index contributed by atoms with van der Waals surface area (Å²) in [5.41, 5.74) is 1.44. The molecule has 0 spiro atoms. The topological polar surface area (TPSA) is 77.0 Å². The van der Waals surface area contributed by atoms with Crippen molar-refractivity contribution in [2.45, 2.75) is 19.3 Å². The molecule has 150 valence electrons. The van der Waals surface area contributed by atoms with Crippen molar-refractivity contribution in [1.29, 1.82) is 0 Å². The van der Waals surface area contributed by atoms with E-state index in [-0.39, 0.29) is 19.2 Å². The van der Waals surface area contributed by atoms with E-state index in [1.807, 2.05) is 18.2 Å². The fourth-order valence-electron chi connectivity index (χ4n) is 2.48. The molecule has 3 rings (SSSR count). The molecular formula is C18H19F3N4O3. The maximum absolute atomic E-state index is 12.4. The molecule has 1 aliphatic rings. The van der Waals surface area contributed by atoms with Crippen LogP contribution in [0.25, 0.3) is 0 Å². The summed E-state index contributed by atoms with van der Waals surface area (Å²) in [5, 5.41) is 6.15. The van der Waals surface area contributed by atoms with Gasteiger partial charge in [0.2, 0.25) is 12.7 Å². The zero-order valence-corrected chi connectivity index (χ0v) is 15.0. The highest BCUT2D eigenvalue weighted by Crippen LogP contribution is 2.32. The predicted octanol–water partition coefficient (Wildman–Crippen LogP) is 2.62. The molecule has 1 aliphatic heterocycles. The van der Waals surface area contributed by atoms with Gasteiger partial charge in [0.25, 0.3) is 0 Å². The molecule has 2 heterocycles. The summed E-state index contributed by atoms with van der Waals surface area (Å²) in [4.78, 5) is 7.97. The van der Waals surface area contributed by atoms with Crippen molar-refractivity contribution in [3.8, 4) is 17.4 Å². The molecule has 2 N–H and O–H groups in total. The Morgan fingerprint density at radius 3 is 2.75 bits per heavy atom. The van der Waals surface area contributed by atoms with Crippen LogP contribution in [-0.4, -0.2) is 37.6 Å². The van der Waals surface area contributed by atoms with Crippen LogP contribution in [0.15, 0.2) is 41.5 Å². The minimum atomic E-state index is -4.43. The summed E-state index contributed by atoms with van der Waals surface area (Å²) in [7, 11) is 1.60. The van der Waals surface area contributed by atoms with E-state index in [0.717, 1.165) is 5.56 Å². The highest BCUT2D eigenvalue weighted by Gasteiger charge is 2.29. The minimum absolute atomic E-state index is 0.0708. The summed E-state index contributed by atoms with van der Waals surface area (Å²) in [6.07, 6.45) is -3.05. The summed E-state index contributed by atoms with van der Waals surface area (Å²) >= 11 is 0. The van der Waals surface area contributed by atoms with Crippen LogP contribution in [0.3, 0.4) is 0 Å². The number of aromatic nitrogens is 1. The van der Waals surface area contributed by atoms with Gasteiger partial charge in [-0.15, -0.1) is 0 Å². The number of pyridine rings is 1. The van der Waals surface area contributed by atoms with Gasteiger partial charge in [-0.3, -0.25) is 4.99 Å². The van der Waals surface area contributed by atoms with Crippen molar-refractivity contribution < 1.29 is 27.4 Å². The smallest absolute Gasteiger partial charge is 0.422 e. The number of benzene rings is 1. The average molecular weight is 396 g/mol. The number of alkyl halides is 3. The molecule has 0 aliphatic carbocycles. The van der Waals surface area contributed by atoms with Crippen molar-refractivity contribution in [1.82, 2.24) is 15.6 Å². The quantitative estimate of drug-likeness (QED) is 0.578. The zero-order valence-electron chi connectivity index (χ0n) is 15.0. The number of hydrogen-bond acceptors (Lipinski definition) is 5. The van der Waals surface area contributed by atoms with Crippen LogP contribution in [0, 0.1) is 0 Å². The highest BCUT2D eigenvalue weighted by molar-refractivity contribution is 5.79. The lowest BCUT2D eigenvalue weighted by atomic mass is 10.2. The first-order valence-corrected chi connectivity index (χ1v) is 8.41. The SMILES string of the molecule is CN=C(NCc1ccc2c(c1)OCO2)NCc1cccnc1OCC(F)(F)F. The summed E-state index contributed by atoms with van der Waals surface area (Å²) in [6.45, 7) is -0.518. The first-order chi connectivity index (χ1) is 13.4. The van der Waals surface area contributed by atoms with Gasteiger partial charge in [-0.2, -0.15) is 13.2 Å². The van der Waals surface area contributed by atoms with Crippen LogP contribution < -0.4 is 24.8 Å². The van der Waals surface area contributed by atoms with E-state index in [9.17, 15) is 13.2 Å². The molecular weight excluding hydrogens is 377 g/mol. The Bertz CT molecular complexity index is 843. The average Bonchev–Trinajstić information content (AvgIpc) is 3.14.